The maximum Gasteiger partial charge on any atom is 0.172 e. The highest BCUT2D eigenvalue weighted by atomic mass is 127. The van der Waals surface area contributed by atoms with Crippen LogP contribution in [0.2, 0.25) is 0 Å². The molecule has 0 fully saturated rings. The van der Waals surface area contributed by atoms with Gasteiger partial charge in [0.1, 0.15) is 5.82 Å². The number of aryl methyl sites for hydroxylation is 1. The summed E-state index contributed by atoms with van der Waals surface area (Å²) < 4.78 is 1.12. The van der Waals surface area contributed by atoms with E-state index in [1.165, 1.54) is 5.56 Å². The molecular formula is C15H20IN3S. The van der Waals surface area contributed by atoms with Crippen molar-refractivity contribution in [1.29, 1.82) is 0 Å². The monoisotopic (exact) mass is 401 g/mol. The van der Waals surface area contributed by atoms with E-state index < -0.39 is 0 Å². The van der Waals surface area contributed by atoms with Crippen LogP contribution < -0.4 is 5.32 Å². The van der Waals surface area contributed by atoms with Crippen LogP contribution in [0, 0.1) is 10.5 Å². The van der Waals surface area contributed by atoms with Gasteiger partial charge < -0.3 is 5.32 Å². The van der Waals surface area contributed by atoms with Crippen LogP contribution in [0.4, 0.5) is 5.82 Å². The first-order chi connectivity index (χ1) is 9.34. The van der Waals surface area contributed by atoms with Gasteiger partial charge in [0.15, 0.2) is 5.82 Å². The molecule has 5 heteroatoms. The first kappa shape index (κ1) is 15.7. The Hall–Kier alpha value is -0.690. The van der Waals surface area contributed by atoms with Gasteiger partial charge in [0.25, 0.3) is 0 Å². The van der Waals surface area contributed by atoms with Gasteiger partial charge in [0.2, 0.25) is 0 Å². The number of thiophene rings is 1. The highest BCUT2D eigenvalue weighted by Crippen LogP contribution is 2.34. The number of hydrogen-bond acceptors (Lipinski definition) is 4. The van der Waals surface area contributed by atoms with E-state index in [0.29, 0.717) is 0 Å². The molecule has 0 aromatic carbocycles. The molecule has 0 radical (unpaired) electrons. The van der Waals surface area contributed by atoms with Gasteiger partial charge in [0, 0.05) is 12.0 Å². The van der Waals surface area contributed by atoms with E-state index >= 15 is 0 Å². The maximum absolute atomic E-state index is 4.84. The van der Waals surface area contributed by atoms with E-state index in [9.17, 15) is 0 Å². The molecular weight excluding hydrogens is 381 g/mol. The minimum Gasteiger partial charge on any atom is -0.369 e. The number of nitrogens with one attached hydrogen (secondary N) is 1. The Morgan fingerprint density at radius 3 is 2.50 bits per heavy atom. The molecule has 0 amide bonds. The van der Waals surface area contributed by atoms with Crippen LogP contribution >= 0.6 is 33.9 Å². The molecule has 0 aliphatic rings. The second-order valence-corrected chi connectivity index (χ2v) is 7.77. The lowest BCUT2D eigenvalue weighted by Crippen LogP contribution is -2.19. The smallest absolute Gasteiger partial charge is 0.172 e. The zero-order chi connectivity index (χ0) is 14.9. The first-order valence-corrected chi connectivity index (χ1v) is 8.66. The van der Waals surface area contributed by atoms with Crippen LogP contribution in [-0.2, 0) is 5.41 Å². The van der Waals surface area contributed by atoms with E-state index in [1.54, 1.807) is 11.3 Å². The Balaban J connectivity index is 2.65. The summed E-state index contributed by atoms with van der Waals surface area (Å²) in [5.41, 5.74) is 2.34. The first-order valence-electron chi connectivity index (χ1n) is 6.71. The van der Waals surface area contributed by atoms with E-state index in [0.717, 1.165) is 32.3 Å². The lowest BCUT2D eigenvalue weighted by Gasteiger charge is -2.22. The number of nitrogens with zero attached hydrogens (tertiary/aromatic N) is 2. The average Bonchev–Trinajstić information content (AvgIpc) is 2.77. The Bertz CT molecular complexity index is 614. The predicted molar refractivity (Wildman–Crippen MR) is 95.7 cm³/mol. The molecule has 1 N–H and O–H groups in total. The van der Waals surface area contributed by atoms with Crippen molar-refractivity contribution in [3.8, 4) is 10.7 Å². The summed E-state index contributed by atoms with van der Waals surface area (Å²) in [6.07, 6.45) is 0. The normalized spacial score (nSPS) is 11.7. The summed E-state index contributed by atoms with van der Waals surface area (Å²) in [5, 5.41) is 5.45. The third kappa shape index (κ3) is 3.14. The van der Waals surface area contributed by atoms with Crippen LogP contribution in [0.5, 0.6) is 0 Å². The van der Waals surface area contributed by atoms with Crippen LogP contribution in [0.3, 0.4) is 0 Å². The lowest BCUT2D eigenvalue weighted by atomic mass is 9.92. The zero-order valence-corrected chi connectivity index (χ0v) is 15.5. The van der Waals surface area contributed by atoms with Gasteiger partial charge in [-0.15, -0.1) is 11.3 Å². The van der Waals surface area contributed by atoms with Crippen molar-refractivity contribution in [2.45, 2.75) is 40.0 Å². The number of aromatic nitrogens is 2. The van der Waals surface area contributed by atoms with Crippen molar-refractivity contribution in [1.82, 2.24) is 9.97 Å². The molecule has 0 bridgehead atoms. The summed E-state index contributed by atoms with van der Waals surface area (Å²) >= 11 is 4.05. The van der Waals surface area contributed by atoms with Gasteiger partial charge in [-0.1, -0.05) is 20.8 Å². The van der Waals surface area contributed by atoms with E-state index in [1.807, 2.05) is 0 Å². The van der Waals surface area contributed by atoms with Crippen molar-refractivity contribution in [3.05, 3.63) is 26.3 Å². The summed E-state index contributed by atoms with van der Waals surface area (Å²) in [4.78, 5) is 10.7. The van der Waals surface area contributed by atoms with E-state index in [4.69, 9.17) is 9.97 Å². The SMILES string of the molecule is CCNc1nc(-c2sccc2C)nc(C(C)(C)C)c1I. The molecule has 3 nitrogen and oxygen atoms in total. The van der Waals surface area contributed by atoms with Gasteiger partial charge in [-0.25, -0.2) is 9.97 Å². The molecule has 0 atom stereocenters. The van der Waals surface area contributed by atoms with Gasteiger partial charge in [-0.2, -0.15) is 0 Å². The van der Waals surface area contributed by atoms with E-state index in [2.05, 4.69) is 74.0 Å². The minimum atomic E-state index is 0.00352. The number of rotatable bonds is 3. The molecule has 0 aliphatic carbocycles. The number of hydrogen-bond donors (Lipinski definition) is 1. The Labute approximate surface area is 138 Å². The number of halogens is 1. The molecule has 0 unspecified atom stereocenters. The molecule has 0 saturated heterocycles. The fraction of sp³-hybridized carbons (Fsp3) is 0.467. The summed E-state index contributed by atoms with van der Waals surface area (Å²) in [6, 6.07) is 2.12. The van der Waals surface area contributed by atoms with Crippen molar-refractivity contribution >= 4 is 39.7 Å². The van der Waals surface area contributed by atoms with Crippen molar-refractivity contribution in [3.63, 3.8) is 0 Å². The molecule has 20 heavy (non-hydrogen) atoms. The zero-order valence-electron chi connectivity index (χ0n) is 12.5. The standard InChI is InChI=1S/C15H20IN3S/c1-6-17-13-10(16)12(15(3,4)5)18-14(19-13)11-9(2)7-8-20-11/h7-8H,6H2,1-5H3,(H,17,18,19). The molecule has 0 spiro atoms. The number of anilines is 1. The third-order valence-electron chi connectivity index (χ3n) is 2.97. The van der Waals surface area contributed by atoms with Gasteiger partial charge in [0.05, 0.1) is 14.1 Å². The van der Waals surface area contributed by atoms with Gasteiger partial charge in [-0.3, -0.25) is 0 Å². The second-order valence-electron chi connectivity index (χ2n) is 5.77. The summed E-state index contributed by atoms with van der Waals surface area (Å²) in [7, 11) is 0. The molecule has 2 aromatic heterocycles. The van der Waals surface area contributed by atoms with Crippen molar-refractivity contribution in [2.75, 3.05) is 11.9 Å². The highest BCUT2D eigenvalue weighted by Gasteiger charge is 2.24. The highest BCUT2D eigenvalue weighted by molar-refractivity contribution is 14.1. The van der Waals surface area contributed by atoms with Crippen molar-refractivity contribution in [2.24, 2.45) is 0 Å². The molecule has 0 aliphatic heterocycles. The predicted octanol–water partition coefficient (Wildman–Crippen LogP) is 4.85. The van der Waals surface area contributed by atoms with Gasteiger partial charge >= 0.3 is 0 Å². The Kier molecular flexibility index (Phi) is 4.69. The maximum atomic E-state index is 4.84. The molecule has 2 aromatic rings. The van der Waals surface area contributed by atoms with Crippen molar-refractivity contribution < 1.29 is 0 Å². The lowest BCUT2D eigenvalue weighted by molar-refractivity contribution is 0.564. The second kappa shape index (κ2) is 5.97. The van der Waals surface area contributed by atoms with E-state index in [-0.39, 0.29) is 5.41 Å². The van der Waals surface area contributed by atoms with Crippen LogP contribution in [-0.4, -0.2) is 16.5 Å². The van der Waals surface area contributed by atoms with Crippen LogP contribution in [0.25, 0.3) is 10.7 Å². The Morgan fingerprint density at radius 1 is 1.30 bits per heavy atom. The molecule has 0 saturated carbocycles. The van der Waals surface area contributed by atoms with Gasteiger partial charge in [-0.05, 0) is 53.4 Å². The Morgan fingerprint density at radius 2 is 2.00 bits per heavy atom. The third-order valence-corrected chi connectivity index (χ3v) is 5.01. The topological polar surface area (TPSA) is 37.8 Å². The quantitative estimate of drug-likeness (QED) is 0.748. The fourth-order valence-electron chi connectivity index (χ4n) is 1.93. The molecule has 108 valence electrons. The average molecular weight is 401 g/mol. The molecule has 2 heterocycles. The van der Waals surface area contributed by atoms with Crippen LogP contribution in [0.15, 0.2) is 11.4 Å². The summed E-state index contributed by atoms with van der Waals surface area (Å²) in [6.45, 7) is 11.6. The molecule has 2 rings (SSSR count). The van der Waals surface area contributed by atoms with Crippen LogP contribution in [0.1, 0.15) is 39.0 Å². The largest absolute Gasteiger partial charge is 0.369 e. The minimum absolute atomic E-state index is 0.00352. The summed E-state index contributed by atoms with van der Waals surface area (Å²) in [5.74, 6) is 1.77. The fourth-order valence-corrected chi connectivity index (χ4v) is 4.03.